The maximum atomic E-state index is 13.4. The number of carbonyl (C=O) groups is 1. The molecule has 0 bridgehead atoms. The Morgan fingerprint density at radius 1 is 0.422 bits per heavy atom. The number of rotatable bonds is 49. The molecule has 3 fully saturated rings. The van der Waals surface area contributed by atoms with E-state index in [4.69, 9.17) is 28.4 Å². The van der Waals surface area contributed by atoms with Gasteiger partial charge in [0.25, 0.3) is 0 Å². The lowest BCUT2D eigenvalue weighted by Gasteiger charge is -2.48. The molecule has 0 aromatic heterocycles. The summed E-state index contributed by atoms with van der Waals surface area (Å²) in [6, 6.07) is -0.990. The van der Waals surface area contributed by atoms with Crippen LogP contribution in [0, 0.1) is 0 Å². The quantitative estimate of drug-likeness (QED) is 0.0211. The Balaban J connectivity index is 1.48. The number of carbonyl (C=O) groups excluding carboxylic acids is 1. The molecule has 0 aromatic carbocycles. The topological polar surface area (TPSA) is 307 Å². The van der Waals surface area contributed by atoms with E-state index in [9.17, 15) is 61.0 Å². The number of hydrogen-bond donors (Lipinski definition) is 12. The average molecular weight is 1190 g/mol. The number of aliphatic hydroxyl groups excluding tert-OH is 11. The van der Waals surface area contributed by atoms with Crippen molar-refractivity contribution in [3.8, 4) is 0 Å². The van der Waals surface area contributed by atoms with Crippen molar-refractivity contribution in [3.63, 3.8) is 0 Å². The predicted molar refractivity (Wildman–Crippen MR) is 319 cm³/mol. The third-order valence-corrected chi connectivity index (χ3v) is 16.4. The van der Waals surface area contributed by atoms with Gasteiger partial charge in [-0.2, -0.15) is 0 Å². The second-order valence-electron chi connectivity index (χ2n) is 23.6. The zero-order valence-electron chi connectivity index (χ0n) is 50.9. The molecule has 83 heavy (non-hydrogen) atoms. The van der Waals surface area contributed by atoms with Gasteiger partial charge in [0.2, 0.25) is 5.91 Å². The highest BCUT2D eigenvalue weighted by Crippen LogP contribution is 2.33. The molecule has 0 aromatic rings. The van der Waals surface area contributed by atoms with E-state index in [1.165, 1.54) is 148 Å². The van der Waals surface area contributed by atoms with Gasteiger partial charge in [0, 0.05) is 6.42 Å². The van der Waals surface area contributed by atoms with Gasteiger partial charge in [0.1, 0.15) is 73.2 Å². The van der Waals surface area contributed by atoms with Gasteiger partial charge in [-0.1, -0.05) is 204 Å². The van der Waals surface area contributed by atoms with Crippen molar-refractivity contribution in [2.75, 3.05) is 26.4 Å². The van der Waals surface area contributed by atoms with Gasteiger partial charge >= 0.3 is 0 Å². The third kappa shape index (κ3) is 30.2. The van der Waals surface area contributed by atoms with E-state index in [1.807, 2.05) is 6.08 Å². The number of unbranched alkanes of at least 4 members (excludes halogenated alkanes) is 29. The second-order valence-corrected chi connectivity index (χ2v) is 23.6. The van der Waals surface area contributed by atoms with Crippen LogP contribution < -0.4 is 5.32 Å². The highest BCUT2D eigenvalue weighted by atomic mass is 16.8. The van der Waals surface area contributed by atoms with Crippen LogP contribution in [-0.2, 0) is 33.2 Å². The average Bonchev–Trinajstić information content (AvgIpc) is 3.34. The maximum Gasteiger partial charge on any atom is 0.220 e. The highest BCUT2D eigenvalue weighted by Gasteiger charge is 2.53. The number of allylic oxidation sites excluding steroid dienone is 5. The molecule has 0 radical (unpaired) electrons. The molecule has 3 rings (SSSR count). The normalized spacial score (nSPS) is 29.6. The summed E-state index contributed by atoms with van der Waals surface area (Å²) < 4.78 is 34.3. The Morgan fingerprint density at radius 3 is 1.20 bits per heavy atom. The summed E-state index contributed by atoms with van der Waals surface area (Å²) in [6.07, 6.45) is 25.5. The molecular formula is C64H117NO18. The fourth-order valence-corrected chi connectivity index (χ4v) is 11.0. The minimum atomic E-state index is -1.98. The molecule has 19 heteroatoms. The number of ether oxygens (including phenoxy) is 6. The van der Waals surface area contributed by atoms with E-state index in [1.54, 1.807) is 6.08 Å². The van der Waals surface area contributed by atoms with Gasteiger partial charge < -0.3 is 89.9 Å². The molecule has 17 atom stereocenters. The van der Waals surface area contributed by atoms with Gasteiger partial charge in [-0.15, -0.1) is 0 Å². The number of amides is 1. The molecule has 3 aliphatic rings. The molecule has 0 spiro atoms. The lowest BCUT2D eigenvalue weighted by molar-refractivity contribution is -0.379. The van der Waals surface area contributed by atoms with E-state index < -0.39 is 124 Å². The van der Waals surface area contributed by atoms with Crippen molar-refractivity contribution in [3.05, 3.63) is 36.5 Å². The Bertz CT molecular complexity index is 1660. The Morgan fingerprint density at radius 2 is 0.771 bits per heavy atom. The molecule has 3 heterocycles. The summed E-state index contributed by atoms with van der Waals surface area (Å²) in [4.78, 5) is 13.4. The lowest BCUT2D eigenvalue weighted by Crippen LogP contribution is -2.66. The predicted octanol–water partition coefficient (Wildman–Crippen LogP) is 7.27. The van der Waals surface area contributed by atoms with Crippen LogP contribution in [0.3, 0.4) is 0 Å². The second kappa shape index (κ2) is 47.1. The van der Waals surface area contributed by atoms with Gasteiger partial charge in [0.15, 0.2) is 18.9 Å². The standard InChI is InChI=1S/C64H117NO18/c1-3-5-7-9-11-13-15-17-19-21-22-23-24-26-28-30-32-34-36-38-40-42-52(70)65-47(48(69)41-39-37-35-33-31-29-27-25-20-18-16-14-12-10-8-6-4-2)46-78-62-58(76)55(73)60(50(44-67)80-62)83-64-59(77)56(74)61(51(45-68)81-64)82-63-57(75)54(72)53(71)49(43-66)79-63/h21-22,31,33,39,41,47-51,53-64,66-69,71-77H,3-20,23-30,32,34-38,40,42-46H2,1-2H3,(H,65,70)/b22-21-,33-31+,41-39+. The van der Waals surface area contributed by atoms with E-state index in [0.29, 0.717) is 12.8 Å². The van der Waals surface area contributed by atoms with Crippen LogP contribution in [0.5, 0.6) is 0 Å². The zero-order chi connectivity index (χ0) is 60.5. The molecule has 3 saturated heterocycles. The van der Waals surface area contributed by atoms with Crippen LogP contribution in [0.25, 0.3) is 0 Å². The first-order valence-corrected chi connectivity index (χ1v) is 32.7. The van der Waals surface area contributed by atoms with Crippen LogP contribution in [-0.4, -0.2) is 193 Å². The molecule has 486 valence electrons. The minimum Gasteiger partial charge on any atom is -0.394 e. The van der Waals surface area contributed by atoms with E-state index >= 15 is 0 Å². The first-order valence-electron chi connectivity index (χ1n) is 32.7. The summed E-state index contributed by atoms with van der Waals surface area (Å²) in [5.41, 5.74) is 0. The van der Waals surface area contributed by atoms with Crippen molar-refractivity contribution in [2.45, 2.75) is 336 Å². The van der Waals surface area contributed by atoms with E-state index in [2.05, 4.69) is 43.5 Å². The first kappa shape index (κ1) is 75.3. The van der Waals surface area contributed by atoms with Crippen molar-refractivity contribution < 1.29 is 89.4 Å². The summed E-state index contributed by atoms with van der Waals surface area (Å²) in [5, 5.41) is 120. The Hall–Kier alpha value is -1.99. The number of nitrogens with one attached hydrogen (secondary N) is 1. The summed E-state index contributed by atoms with van der Waals surface area (Å²) in [5.74, 6) is -0.287. The fraction of sp³-hybridized carbons (Fsp3) is 0.891. The van der Waals surface area contributed by atoms with Crippen LogP contribution in [0.1, 0.15) is 232 Å². The molecule has 0 aliphatic carbocycles. The van der Waals surface area contributed by atoms with Crippen LogP contribution in [0.2, 0.25) is 0 Å². The van der Waals surface area contributed by atoms with Gasteiger partial charge in [0.05, 0.1) is 38.6 Å². The van der Waals surface area contributed by atoms with Crippen molar-refractivity contribution in [1.82, 2.24) is 5.32 Å². The monoisotopic (exact) mass is 1190 g/mol. The molecule has 17 unspecified atom stereocenters. The molecule has 19 nitrogen and oxygen atoms in total. The van der Waals surface area contributed by atoms with Crippen molar-refractivity contribution >= 4 is 5.91 Å². The number of aliphatic hydroxyl groups is 11. The summed E-state index contributed by atoms with van der Waals surface area (Å²) in [7, 11) is 0. The number of hydrogen-bond acceptors (Lipinski definition) is 18. The maximum absolute atomic E-state index is 13.4. The van der Waals surface area contributed by atoms with Crippen LogP contribution >= 0.6 is 0 Å². The molecule has 0 saturated carbocycles. The molecule has 12 N–H and O–H groups in total. The Kier molecular flexibility index (Phi) is 42.7. The first-order chi connectivity index (χ1) is 40.3. The molecule has 3 aliphatic heterocycles. The summed E-state index contributed by atoms with van der Waals surface area (Å²) >= 11 is 0. The largest absolute Gasteiger partial charge is 0.394 e. The SMILES string of the molecule is CCCCCCCCCC/C=C\CCCCCCCCCCCC(=O)NC(COC1OC(CO)C(OC2OC(CO)C(OC3OC(CO)C(O)C(O)C3O)C(O)C2O)C(O)C1O)C(O)/C=C/CC/C=C/CCCCCCCCCCCCC. The molecular weight excluding hydrogens is 1070 g/mol. The lowest BCUT2D eigenvalue weighted by atomic mass is 9.96. The van der Waals surface area contributed by atoms with E-state index in [-0.39, 0.29) is 18.9 Å². The van der Waals surface area contributed by atoms with Crippen molar-refractivity contribution in [2.24, 2.45) is 0 Å². The van der Waals surface area contributed by atoms with Gasteiger partial charge in [-0.25, -0.2) is 0 Å². The highest BCUT2D eigenvalue weighted by molar-refractivity contribution is 5.76. The minimum absolute atomic E-state index is 0.234. The fourth-order valence-electron chi connectivity index (χ4n) is 11.0. The van der Waals surface area contributed by atoms with Crippen LogP contribution in [0.4, 0.5) is 0 Å². The Labute approximate surface area is 498 Å². The molecule has 1 amide bonds. The van der Waals surface area contributed by atoms with Gasteiger partial charge in [-0.05, 0) is 57.8 Å². The smallest absolute Gasteiger partial charge is 0.220 e. The van der Waals surface area contributed by atoms with E-state index in [0.717, 1.165) is 51.4 Å². The summed E-state index contributed by atoms with van der Waals surface area (Å²) in [6.45, 7) is 1.72. The van der Waals surface area contributed by atoms with Gasteiger partial charge in [-0.3, -0.25) is 4.79 Å². The third-order valence-electron chi connectivity index (χ3n) is 16.4. The zero-order valence-corrected chi connectivity index (χ0v) is 50.9. The van der Waals surface area contributed by atoms with Crippen LogP contribution in [0.15, 0.2) is 36.5 Å². The van der Waals surface area contributed by atoms with Crippen molar-refractivity contribution in [1.29, 1.82) is 0 Å².